The minimum atomic E-state index is 0. The van der Waals surface area contributed by atoms with Gasteiger partial charge in [-0.3, -0.25) is 9.98 Å². The Bertz CT molecular complexity index is 754. The number of hydrogen-bond acceptors (Lipinski definition) is 4. The Hall–Kier alpha value is -1.71. The van der Waals surface area contributed by atoms with Crippen LogP contribution in [0, 0.1) is 6.92 Å². The van der Waals surface area contributed by atoms with Crippen LogP contribution in [0.15, 0.2) is 23.3 Å². The van der Waals surface area contributed by atoms with Crippen molar-refractivity contribution < 1.29 is 0 Å². The second-order valence-electron chi connectivity index (χ2n) is 6.81. The number of aromatic nitrogens is 4. The molecule has 1 aliphatic rings. The highest BCUT2D eigenvalue weighted by Crippen LogP contribution is 2.20. The Kier molecular flexibility index (Phi) is 7.36. The second kappa shape index (κ2) is 9.29. The molecule has 3 heterocycles. The van der Waals surface area contributed by atoms with Crippen molar-refractivity contribution in [2.45, 2.75) is 58.7 Å². The highest BCUT2D eigenvalue weighted by Gasteiger charge is 2.24. The van der Waals surface area contributed by atoms with E-state index in [4.69, 9.17) is 0 Å². The van der Waals surface area contributed by atoms with Crippen molar-refractivity contribution in [2.75, 3.05) is 7.05 Å². The maximum absolute atomic E-state index is 4.42. The van der Waals surface area contributed by atoms with Gasteiger partial charge in [0.25, 0.3) is 0 Å². The molecule has 0 radical (unpaired) electrons. The van der Waals surface area contributed by atoms with Gasteiger partial charge in [0.05, 0.1) is 12.2 Å². The number of rotatable bonds is 4. The number of nitrogens with zero attached hydrogens (tertiary/aromatic N) is 5. The summed E-state index contributed by atoms with van der Waals surface area (Å²) < 4.78 is 2.25. The third-order valence-electron chi connectivity index (χ3n) is 4.60. The smallest absolute Gasteiger partial charge is 0.191 e. The summed E-state index contributed by atoms with van der Waals surface area (Å²) in [5.41, 5.74) is 2.22. The minimum absolute atomic E-state index is 0. The molecule has 0 bridgehead atoms. The molecule has 0 saturated heterocycles. The van der Waals surface area contributed by atoms with Crippen LogP contribution in [0.4, 0.5) is 0 Å². The van der Waals surface area contributed by atoms with E-state index in [1.54, 1.807) is 7.05 Å². The highest BCUT2D eigenvalue weighted by atomic mass is 127. The summed E-state index contributed by atoms with van der Waals surface area (Å²) in [6.45, 7) is 7.92. The van der Waals surface area contributed by atoms with E-state index in [0.717, 1.165) is 42.7 Å². The van der Waals surface area contributed by atoms with Gasteiger partial charge in [-0.05, 0) is 25.0 Å². The molecule has 26 heavy (non-hydrogen) atoms. The molecule has 0 saturated carbocycles. The molecular formula is C18H28IN7. The maximum atomic E-state index is 4.42. The lowest BCUT2D eigenvalue weighted by Crippen LogP contribution is -2.47. The van der Waals surface area contributed by atoms with Gasteiger partial charge in [0.2, 0.25) is 0 Å². The van der Waals surface area contributed by atoms with Gasteiger partial charge in [-0.2, -0.15) is 0 Å². The molecule has 1 aliphatic heterocycles. The van der Waals surface area contributed by atoms with Crippen molar-refractivity contribution >= 4 is 29.9 Å². The number of pyridine rings is 1. The number of guanidine groups is 1. The first kappa shape index (κ1) is 20.6. The Labute approximate surface area is 172 Å². The number of nitrogens with one attached hydrogen (secondary N) is 2. The quantitative estimate of drug-likeness (QED) is 0.409. The fourth-order valence-electron chi connectivity index (χ4n) is 3.15. The van der Waals surface area contributed by atoms with Gasteiger partial charge < -0.3 is 15.2 Å². The van der Waals surface area contributed by atoms with Crippen LogP contribution in [-0.4, -0.2) is 38.8 Å². The monoisotopic (exact) mass is 469 g/mol. The molecule has 7 nitrogen and oxygen atoms in total. The van der Waals surface area contributed by atoms with Gasteiger partial charge in [-0.25, -0.2) is 0 Å². The molecule has 0 amide bonds. The lowest BCUT2D eigenvalue weighted by molar-refractivity contribution is 0.407. The third kappa shape index (κ3) is 4.72. The van der Waals surface area contributed by atoms with Crippen LogP contribution in [0.25, 0.3) is 0 Å². The third-order valence-corrected chi connectivity index (χ3v) is 4.60. The summed E-state index contributed by atoms with van der Waals surface area (Å²) in [4.78, 5) is 8.77. The Balaban J connectivity index is 0.00000243. The van der Waals surface area contributed by atoms with Gasteiger partial charge in [0, 0.05) is 38.2 Å². The first-order valence-electron chi connectivity index (χ1n) is 8.88. The largest absolute Gasteiger partial charge is 0.352 e. The van der Waals surface area contributed by atoms with Crippen molar-refractivity contribution in [2.24, 2.45) is 4.99 Å². The highest BCUT2D eigenvalue weighted by molar-refractivity contribution is 14.0. The fourth-order valence-corrected chi connectivity index (χ4v) is 3.15. The molecule has 1 unspecified atom stereocenters. The van der Waals surface area contributed by atoms with Gasteiger partial charge >= 0.3 is 0 Å². The number of halogens is 1. The Morgan fingerprint density at radius 1 is 1.38 bits per heavy atom. The molecule has 2 aromatic heterocycles. The molecule has 8 heteroatoms. The normalized spacial score (nSPS) is 16.8. The summed E-state index contributed by atoms with van der Waals surface area (Å²) >= 11 is 0. The van der Waals surface area contributed by atoms with Crippen LogP contribution in [-0.2, 0) is 19.5 Å². The average molecular weight is 469 g/mol. The first-order valence-corrected chi connectivity index (χ1v) is 8.88. The summed E-state index contributed by atoms with van der Waals surface area (Å²) in [7, 11) is 1.80. The van der Waals surface area contributed by atoms with Crippen molar-refractivity contribution in [3.8, 4) is 0 Å². The van der Waals surface area contributed by atoms with Gasteiger partial charge in [-0.1, -0.05) is 19.9 Å². The summed E-state index contributed by atoms with van der Waals surface area (Å²) in [5, 5.41) is 15.6. The van der Waals surface area contributed by atoms with E-state index in [2.05, 4.69) is 62.2 Å². The zero-order chi connectivity index (χ0) is 17.8. The van der Waals surface area contributed by atoms with Crippen molar-refractivity contribution in [3.05, 3.63) is 41.2 Å². The maximum Gasteiger partial charge on any atom is 0.191 e. The van der Waals surface area contributed by atoms with E-state index >= 15 is 0 Å². The van der Waals surface area contributed by atoms with Crippen molar-refractivity contribution in [1.29, 1.82) is 0 Å². The minimum Gasteiger partial charge on any atom is -0.352 e. The van der Waals surface area contributed by atoms with E-state index in [9.17, 15) is 0 Å². The number of aliphatic imine (C=N–C) groups is 1. The predicted octanol–water partition coefficient (Wildman–Crippen LogP) is 2.40. The van der Waals surface area contributed by atoms with Crippen LogP contribution in [0.5, 0.6) is 0 Å². The molecule has 142 valence electrons. The molecule has 0 aliphatic carbocycles. The van der Waals surface area contributed by atoms with Crippen LogP contribution in [0.3, 0.4) is 0 Å². The van der Waals surface area contributed by atoms with E-state index in [1.807, 2.05) is 12.3 Å². The molecular weight excluding hydrogens is 441 g/mol. The average Bonchev–Trinajstić information content (AvgIpc) is 3.03. The van der Waals surface area contributed by atoms with Crippen molar-refractivity contribution in [3.63, 3.8) is 0 Å². The number of fused-ring (bicyclic) bond motifs is 1. The molecule has 0 aromatic carbocycles. The lowest BCUT2D eigenvalue weighted by Gasteiger charge is -2.27. The van der Waals surface area contributed by atoms with Crippen LogP contribution >= 0.6 is 24.0 Å². The molecule has 3 rings (SSSR count). The van der Waals surface area contributed by atoms with E-state index in [-0.39, 0.29) is 24.0 Å². The van der Waals surface area contributed by atoms with Gasteiger partial charge in [-0.15, -0.1) is 34.2 Å². The molecule has 1 atom stereocenters. The second-order valence-corrected chi connectivity index (χ2v) is 6.81. The SMILES string of the molecule is CN=C(NCc1ncccc1C)NC1CCc2nnc(C(C)C)n2C1.I. The number of aryl methyl sites for hydroxylation is 2. The molecule has 0 fully saturated rings. The lowest BCUT2D eigenvalue weighted by atomic mass is 10.1. The van der Waals surface area contributed by atoms with Crippen LogP contribution < -0.4 is 10.6 Å². The summed E-state index contributed by atoms with van der Waals surface area (Å²) in [6.07, 6.45) is 3.79. The van der Waals surface area contributed by atoms with Gasteiger partial charge in [0.15, 0.2) is 5.96 Å². The van der Waals surface area contributed by atoms with Crippen molar-refractivity contribution in [1.82, 2.24) is 30.4 Å². The van der Waals surface area contributed by atoms with Crippen LogP contribution in [0.2, 0.25) is 0 Å². The van der Waals surface area contributed by atoms with E-state index in [1.165, 1.54) is 5.56 Å². The standard InChI is InChI=1S/C18H27N7.HI/c1-12(2)17-24-23-16-8-7-14(11-25(16)17)22-18(19-4)21-10-15-13(3)6-5-9-20-15;/h5-6,9,12,14H,7-8,10-11H2,1-4H3,(H2,19,21,22);1H. The summed E-state index contributed by atoms with van der Waals surface area (Å²) in [6, 6.07) is 4.34. The predicted molar refractivity (Wildman–Crippen MR) is 114 cm³/mol. The van der Waals surface area contributed by atoms with Gasteiger partial charge in [0.1, 0.15) is 11.6 Å². The number of hydrogen-bond donors (Lipinski definition) is 2. The Morgan fingerprint density at radius 2 is 2.19 bits per heavy atom. The fraction of sp³-hybridized carbons (Fsp3) is 0.556. The first-order chi connectivity index (χ1) is 12.1. The van der Waals surface area contributed by atoms with Crippen LogP contribution in [0.1, 0.15) is 49.1 Å². The topological polar surface area (TPSA) is 80.0 Å². The summed E-state index contributed by atoms with van der Waals surface area (Å²) in [5.74, 6) is 3.34. The molecule has 2 aromatic rings. The zero-order valence-corrected chi connectivity index (χ0v) is 18.2. The molecule has 0 spiro atoms. The van der Waals surface area contributed by atoms with E-state index < -0.39 is 0 Å². The van der Waals surface area contributed by atoms with E-state index in [0.29, 0.717) is 18.5 Å². The molecule has 2 N–H and O–H groups in total. The zero-order valence-electron chi connectivity index (χ0n) is 15.9. The Morgan fingerprint density at radius 3 is 2.88 bits per heavy atom.